The molecule has 0 saturated carbocycles. The number of nitrogens with one attached hydrogen (secondary N) is 1. The molecule has 0 spiro atoms. The van der Waals surface area contributed by atoms with Gasteiger partial charge in [0.2, 0.25) is 0 Å². The molecule has 0 aliphatic carbocycles. The molecule has 1 aromatic rings. The Morgan fingerprint density at radius 3 is 2.73 bits per heavy atom. The molecule has 6 heteroatoms. The van der Waals surface area contributed by atoms with E-state index in [2.05, 4.69) is 0 Å². The summed E-state index contributed by atoms with van der Waals surface area (Å²) in [6.07, 6.45) is 1.02. The number of hydrogen-bond donors (Lipinski definition) is 1. The van der Waals surface area contributed by atoms with Crippen LogP contribution < -0.4 is 5.56 Å². The summed E-state index contributed by atoms with van der Waals surface area (Å²) in [7, 11) is 0. The molecule has 58 valence electrons. The van der Waals surface area contributed by atoms with E-state index in [9.17, 15) is 19.3 Å². The molecule has 5 nitrogen and oxygen atoms in total. The Balaban J connectivity index is 3.39. The largest absolute Gasteiger partial charge is 0.326 e. The predicted octanol–water partition coefficient (Wildman–Crippen LogP) is 0.422. The lowest BCUT2D eigenvalue weighted by Gasteiger charge is -1.89. The quantitative estimate of drug-likeness (QED) is 0.475. The number of hydrogen-bond acceptors (Lipinski definition) is 3. The Bertz CT molecular complexity index is 346. The van der Waals surface area contributed by atoms with E-state index >= 15 is 0 Å². The smallest absolute Gasteiger partial charge is 0.312 e. The van der Waals surface area contributed by atoms with E-state index in [1.165, 1.54) is 0 Å². The van der Waals surface area contributed by atoms with Gasteiger partial charge in [0.25, 0.3) is 11.4 Å². The first-order valence-corrected chi connectivity index (χ1v) is 2.64. The minimum Gasteiger partial charge on any atom is -0.326 e. The van der Waals surface area contributed by atoms with E-state index in [4.69, 9.17) is 0 Å². The molecule has 0 amide bonds. The van der Waals surface area contributed by atoms with Crippen LogP contribution in [0.15, 0.2) is 17.1 Å². The van der Waals surface area contributed by atoms with Gasteiger partial charge in [-0.3, -0.25) is 14.9 Å². The summed E-state index contributed by atoms with van der Waals surface area (Å²) in [4.78, 5) is 21.4. The van der Waals surface area contributed by atoms with Crippen LogP contribution in [0.1, 0.15) is 0 Å². The van der Waals surface area contributed by atoms with Crippen LogP contribution in [0, 0.1) is 15.9 Å². The van der Waals surface area contributed by atoms with E-state index in [0.717, 1.165) is 12.3 Å². The van der Waals surface area contributed by atoms with E-state index in [1.807, 2.05) is 4.98 Å². The van der Waals surface area contributed by atoms with Crippen molar-refractivity contribution in [1.82, 2.24) is 4.98 Å². The molecular formula is C5H3FN2O3. The van der Waals surface area contributed by atoms with Gasteiger partial charge in [0.15, 0.2) is 0 Å². The summed E-state index contributed by atoms with van der Waals surface area (Å²) in [6, 6.07) is 0.886. The number of aromatic nitrogens is 1. The first kappa shape index (κ1) is 7.39. The standard InChI is InChI=1S/C5H3FN2O3/c6-4-3(8(10)11)1-2-7-5(4)9/h1-2H,(H,7,9). The Kier molecular flexibility index (Phi) is 1.67. The first-order chi connectivity index (χ1) is 5.13. The van der Waals surface area contributed by atoms with E-state index in [1.54, 1.807) is 0 Å². The third-order valence-electron chi connectivity index (χ3n) is 1.08. The summed E-state index contributed by atoms with van der Waals surface area (Å²) in [5.74, 6) is -1.36. The monoisotopic (exact) mass is 158 g/mol. The van der Waals surface area contributed by atoms with Crippen LogP contribution in [0.3, 0.4) is 0 Å². The van der Waals surface area contributed by atoms with Gasteiger partial charge in [-0.15, -0.1) is 0 Å². The van der Waals surface area contributed by atoms with Crippen molar-refractivity contribution < 1.29 is 9.31 Å². The molecule has 1 aromatic heterocycles. The van der Waals surface area contributed by atoms with Crippen LogP contribution in [-0.4, -0.2) is 9.91 Å². The number of rotatable bonds is 1. The van der Waals surface area contributed by atoms with Crippen molar-refractivity contribution in [2.45, 2.75) is 0 Å². The van der Waals surface area contributed by atoms with E-state index in [0.29, 0.717) is 0 Å². The van der Waals surface area contributed by atoms with Gasteiger partial charge in [0.1, 0.15) is 0 Å². The fraction of sp³-hybridized carbons (Fsp3) is 0. The maximum absolute atomic E-state index is 12.5. The Hall–Kier alpha value is -1.72. The lowest BCUT2D eigenvalue weighted by Crippen LogP contribution is -2.11. The zero-order chi connectivity index (χ0) is 8.43. The van der Waals surface area contributed by atoms with Crippen LogP contribution in [0.4, 0.5) is 10.1 Å². The molecule has 0 aromatic carbocycles. The highest BCUT2D eigenvalue weighted by Gasteiger charge is 2.15. The maximum atomic E-state index is 12.5. The molecule has 0 unspecified atom stereocenters. The molecule has 0 saturated heterocycles. The van der Waals surface area contributed by atoms with E-state index < -0.39 is 22.0 Å². The third kappa shape index (κ3) is 1.23. The van der Waals surface area contributed by atoms with Crippen molar-refractivity contribution in [3.05, 3.63) is 38.5 Å². The predicted molar refractivity (Wildman–Crippen MR) is 33.7 cm³/mol. The normalized spacial score (nSPS) is 9.55. The number of aromatic amines is 1. The number of nitrogens with zero attached hydrogens (tertiary/aromatic N) is 1. The highest BCUT2D eigenvalue weighted by molar-refractivity contribution is 5.27. The van der Waals surface area contributed by atoms with Gasteiger partial charge in [-0.05, 0) is 0 Å². The number of nitro groups is 1. The van der Waals surface area contributed by atoms with Crippen molar-refractivity contribution in [1.29, 1.82) is 0 Å². The summed E-state index contributed by atoms with van der Waals surface area (Å²) < 4.78 is 12.5. The minimum absolute atomic E-state index is 0.811. The van der Waals surface area contributed by atoms with Gasteiger partial charge in [-0.2, -0.15) is 4.39 Å². The third-order valence-corrected chi connectivity index (χ3v) is 1.08. The fourth-order valence-corrected chi connectivity index (χ4v) is 0.590. The summed E-state index contributed by atoms with van der Waals surface area (Å²) in [6.45, 7) is 0. The SMILES string of the molecule is O=c1[nH]ccc([N+](=O)[O-])c1F. The van der Waals surface area contributed by atoms with Crippen LogP contribution in [0.25, 0.3) is 0 Å². The van der Waals surface area contributed by atoms with Gasteiger partial charge >= 0.3 is 5.69 Å². The summed E-state index contributed by atoms with van der Waals surface area (Å²) in [5, 5.41) is 9.99. The lowest BCUT2D eigenvalue weighted by atomic mass is 10.4. The molecule has 0 atom stereocenters. The molecular weight excluding hydrogens is 155 g/mol. The Morgan fingerprint density at radius 2 is 2.27 bits per heavy atom. The van der Waals surface area contributed by atoms with Crippen molar-refractivity contribution in [3.63, 3.8) is 0 Å². The molecule has 11 heavy (non-hydrogen) atoms. The van der Waals surface area contributed by atoms with Crippen LogP contribution in [0.5, 0.6) is 0 Å². The van der Waals surface area contributed by atoms with Crippen molar-refractivity contribution >= 4 is 5.69 Å². The molecule has 1 heterocycles. The van der Waals surface area contributed by atoms with Gasteiger partial charge in [0.05, 0.1) is 4.92 Å². The highest BCUT2D eigenvalue weighted by atomic mass is 19.1. The summed E-state index contributed by atoms with van der Waals surface area (Å²) in [5.41, 5.74) is -1.90. The van der Waals surface area contributed by atoms with Crippen LogP contribution in [-0.2, 0) is 0 Å². The molecule has 1 N–H and O–H groups in total. The molecule has 0 aliphatic heterocycles. The lowest BCUT2D eigenvalue weighted by molar-refractivity contribution is -0.387. The maximum Gasteiger partial charge on any atom is 0.312 e. The van der Waals surface area contributed by atoms with E-state index in [-0.39, 0.29) is 0 Å². The minimum atomic E-state index is -1.36. The van der Waals surface area contributed by atoms with Crippen molar-refractivity contribution in [3.8, 4) is 0 Å². The summed E-state index contributed by atoms with van der Waals surface area (Å²) >= 11 is 0. The molecule has 0 radical (unpaired) electrons. The average Bonchev–Trinajstić information content (AvgIpc) is 1.94. The van der Waals surface area contributed by atoms with Gasteiger partial charge < -0.3 is 4.98 Å². The topological polar surface area (TPSA) is 76.0 Å². The number of pyridine rings is 1. The zero-order valence-electron chi connectivity index (χ0n) is 5.20. The van der Waals surface area contributed by atoms with Crippen LogP contribution >= 0.6 is 0 Å². The number of halogens is 1. The Labute approximate surface area is 59.6 Å². The number of H-pyrrole nitrogens is 1. The van der Waals surface area contributed by atoms with Gasteiger partial charge in [-0.25, -0.2) is 0 Å². The zero-order valence-corrected chi connectivity index (χ0v) is 5.20. The average molecular weight is 158 g/mol. The molecule has 0 bridgehead atoms. The Morgan fingerprint density at radius 1 is 1.64 bits per heavy atom. The van der Waals surface area contributed by atoms with Gasteiger partial charge in [-0.1, -0.05) is 0 Å². The van der Waals surface area contributed by atoms with Crippen LogP contribution in [0.2, 0.25) is 0 Å². The first-order valence-electron chi connectivity index (χ1n) is 2.64. The highest BCUT2D eigenvalue weighted by Crippen LogP contribution is 2.09. The second-order valence-electron chi connectivity index (χ2n) is 1.76. The molecule has 1 rings (SSSR count). The second kappa shape index (κ2) is 2.49. The fourth-order valence-electron chi connectivity index (χ4n) is 0.590. The van der Waals surface area contributed by atoms with Crippen molar-refractivity contribution in [2.24, 2.45) is 0 Å². The van der Waals surface area contributed by atoms with Crippen molar-refractivity contribution in [2.75, 3.05) is 0 Å². The van der Waals surface area contributed by atoms with Gasteiger partial charge in [0, 0.05) is 12.3 Å². The molecule has 0 aliphatic rings. The molecule has 0 fully saturated rings. The second-order valence-corrected chi connectivity index (χ2v) is 1.76.